The Kier molecular flexibility index (Phi) is 5.96. The molecule has 1 unspecified atom stereocenters. The van der Waals surface area contributed by atoms with Crippen LogP contribution in [0.3, 0.4) is 0 Å². The largest absolute Gasteiger partial charge is 0.365 e. The van der Waals surface area contributed by atoms with E-state index in [2.05, 4.69) is 15.2 Å². The summed E-state index contributed by atoms with van der Waals surface area (Å²) < 4.78 is 41.0. The molecule has 0 aliphatic carbocycles. The third-order valence-electron chi connectivity index (χ3n) is 6.86. The number of benzene rings is 2. The summed E-state index contributed by atoms with van der Waals surface area (Å²) >= 11 is 0. The van der Waals surface area contributed by atoms with E-state index < -0.39 is 23.2 Å². The summed E-state index contributed by atoms with van der Waals surface area (Å²) in [5.41, 5.74) is 0.909. The lowest BCUT2D eigenvalue weighted by Gasteiger charge is -2.40. The maximum atomic E-state index is 14.7. The van der Waals surface area contributed by atoms with E-state index in [0.717, 1.165) is 23.9 Å². The van der Waals surface area contributed by atoms with E-state index in [4.69, 9.17) is 4.98 Å². The van der Waals surface area contributed by atoms with Gasteiger partial charge in [0.05, 0.1) is 17.8 Å². The number of amides is 1. The van der Waals surface area contributed by atoms with E-state index in [1.807, 2.05) is 37.4 Å². The number of hydrogen-bond donors (Lipinski definition) is 1. The molecule has 3 aromatic rings. The third-order valence-corrected chi connectivity index (χ3v) is 6.86. The van der Waals surface area contributed by atoms with Crippen molar-refractivity contribution in [1.29, 1.82) is 0 Å². The number of nitrogens with zero attached hydrogens (tertiary/aromatic N) is 4. The van der Waals surface area contributed by atoms with E-state index in [1.165, 1.54) is 12.1 Å². The van der Waals surface area contributed by atoms with Crippen LogP contribution in [0.15, 0.2) is 48.5 Å². The van der Waals surface area contributed by atoms with Gasteiger partial charge in [-0.25, -0.2) is 23.1 Å². The van der Waals surface area contributed by atoms with Gasteiger partial charge in [0.1, 0.15) is 22.9 Å². The standard InChI is InChI=1S/C26H26F3N5O/c1-16-31-22-20(24(32-16)30-13-17-7-6-10-19(21(17)27)23(28)29)14-34(18-8-4-3-5-9-18)25(35)26(22)11-12-33(2)15-26/h3-10,23H,11-15H2,1-2H3,(H,30,31,32). The fourth-order valence-corrected chi connectivity index (χ4v) is 5.15. The van der Waals surface area contributed by atoms with E-state index in [1.54, 1.807) is 11.8 Å². The highest BCUT2D eigenvalue weighted by molar-refractivity contribution is 6.03. The van der Waals surface area contributed by atoms with Gasteiger partial charge in [-0.15, -0.1) is 0 Å². The zero-order valence-corrected chi connectivity index (χ0v) is 19.6. The first-order valence-corrected chi connectivity index (χ1v) is 11.5. The van der Waals surface area contributed by atoms with Gasteiger partial charge in [0.15, 0.2) is 0 Å². The molecule has 1 fully saturated rings. The Balaban J connectivity index is 1.57. The Morgan fingerprint density at radius 2 is 1.89 bits per heavy atom. The second kappa shape index (κ2) is 8.96. The van der Waals surface area contributed by atoms with Gasteiger partial charge in [-0.3, -0.25) is 4.79 Å². The highest BCUT2D eigenvalue weighted by Gasteiger charge is 2.53. The summed E-state index contributed by atoms with van der Waals surface area (Å²) in [7, 11) is 1.98. The van der Waals surface area contributed by atoms with Crippen molar-refractivity contribution >= 4 is 17.4 Å². The van der Waals surface area contributed by atoms with Crippen molar-refractivity contribution in [2.75, 3.05) is 30.4 Å². The van der Waals surface area contributed by atoms with Gasteiger partial charge in [-0.1, -0.05) is 36.4 Å². The molecule has 0 radical (unpaired) electrons. The van der Waals surface area contributed by atoms with Gasteiger partial charge in [-0.2, -0.15) is 0 Å². The molecule has 0 bridgehead atoms. The van der Waals surface area contributed by atoms with Crippen LogP contribution in [0.4, 0.5) is 24.7 Å². The number of anilines is 2. The second-order valence-corrected chi connectivity index (χ2v) is 9.22. The number of likely N-dealkylation sites (N-methyl/N-ethyl adjacent to an activating group) is 1. The molecule has 1 atom stereocenters. The molecule has 182 valence electrons. The van der Waals surface area contributed by atoms with E-state index >= 15 is 0 Å². The molecule has 1 N–H and O–H groups in total. The van der Waals surface area contributed by atoms with Crippen LogP contribution in [-0.4, -0.2) is 40.9 Å². The molecule has 1 spiro atoms. The number of alkyl halides is 2. The Morgan fingerprint density at radius 1 is 1.11 bits per heavy atom. The summed E-state index contributed by atoms with van der Waals surface area (Å²) in [4.78, 5) is 27.1. The monoisotopic (exact) mass is 481 g/mol. The van der Waals surface area contributed by atoms with Crippen molar-refractivity contribution in [3.63, 3.8) is 0 Å². The van der Waals surface area contributed by atoms with Crippen molar-refractivity contribution in [1.82, 2.24) is 14.9 Å². The average molecular weight is 482 g/mol. The Morgan fingerprint density at radius 3 is 2.57 bits per heavy atom. The predicted molar refractivity (Wildman–Crippen MR) is 127 cm³/mol. The molecule has 2 aromatic carbocycles. The molecule has 5 rings (SSSR count). The number of hydrogen-bond acceptors (Lipinski definition) is 5. The number of carbonyl (C=O) groups excluding carboxylic acids is 1. The normalized spacial score (nSPS) is 20.1. The number of nitrogens with one attached hydrogen (secondary N) is 1. The summed E-state index contributed by atoms with van der Waals surface area (Å²) in [6.07, 6.45) is -2.27. The van der Waals surface area contributed by atoms with Crippen LogP contribution in [0.25, 0.3) is 0 Å². The summed E-state index contributed by atoms with van der Waals surface area (Å²) in [6, 6.07) is 13.4. The number of para-hydroxylation sites is 1. The number of aryl methyl sites for hydroxylation is 1. The van der Waals surface area contributed by atoms with Crippen molar-refractivity contribution in [2.45, 2.75) is 38.3 Å². The minimum Gasteiger partial charge on any atom is -0.365 e. The second-order valence-electron chi connectivity index (χ2n) is 9.22. The Hall–Kier alpha value is -3.46. The molecule has 35 heavy (non-hydrogen) atoms. The smallest absolute Gasteiger partial charge is 0.266 e. The number of halogens is 3. The number of rotatable bonds is 5. The zero-order valence-electron chi connectivity index (χ0n) is 19.6. The maximum Gasteiger partial charge on any atom is 0.266 e. The van der Waals surface area contributed by atoms with Gasteiger partial charge < -0.3 is 15.1 Å². The lowest BCUT2D eigenvalue weighted by atomic mass is 9.76. The topological polar surface area (TPSA) is 61.4 Å². The van der Waals surface area contributed by atoms with E-state index in [-0.39, 0.29) is 24.6 Å². The van der Waals surface area contributed by atoms with Gasteiger partial charge in [0.25, 0.3) is 6.43 Å². The molecule has 0 saturated carbocycles. The Bertz CT molecular complexity index is 1270. The molecule has 9 heteroatoms. The number of likely N-dealkylation sites (tertiary alicyclic amines) is 1. The summed E-state index contributed by atoms with van der Waals surface area (Å²) in [5.74, 6) is 0.0459. The van der Waals surface area contributed by atoms with Gasteiger partial charge in [-0.05, 0) is 39.1 Å². The van der Waals surface area contributed by atoms with Crippen LogP contribution in [0.1, 0.15) is 41.1 Å². The third kappa shape index (κ3) is 4.03. The van der Waals surface area contributed by atoms with Crippen molar-refractivity contribution < 1.29 is 18.0 Å². The first-order chi connectivity index (χ1) is 16.8. The molecule has 1 amide bonds. The fourth-order valence-electron chi connectivity index (χ4n) is 5.15. The lowest BCUT2D eigenvalue weighted by Crippen LogP contribution is -2.53. The molecule has 1 saturated heterocycles. The van der Waals surface area contributed by atoms with Gasteiger partial charge >= 0.3 is 0 Å². The van der Waals surface area contributed by atoms with Crippen LogP contribution in [-0.2, 0) is 23.3 Å². The molecule has 2 aliphatic rings. The maximum absolute atomic E-state index is 14.7. The highest BCUT2D eigenvalue weighted by Crippen LogP contribution is 2.44. The van der Waals surface area contributed by atoms with Crippen LogP contribution < -0.4 is 10.2 Å². The van der Waals surface area contributed by atoms with Gasteiger partial charge in [0, 0.05) is 29.9 Å². The van der Waals surface area contributed by atoms with Crippen LogP contribution in [0.5, 0.6) is 0 Å². The van der Waals surface area contributed by atoms with E-state index in [9.17, 15) is 18.0 Å². The van der Waals surface area contributed by atoms with Crippen molar-refractivity contribution in [3.05, 3.63) is 82.6 Å². The van der Waals surface area contributed by atoms with Crippen LogP contribution in [0, 0.1) is 12.7 Å². The zero-order chi connectivity index (χ0) is 24.7. The molecular weight excluding hydrogens is 455 g/mol. The summed E-state index contributed by atoms with van der Waals surface area (Å²) in [6.45, 7) is 3.27. The van der Waals surface area contributed by atoms with Crippen molar-refractivity contribution in [2.24, 2.45) is 0 Å². The molecule has 1 aromatic heterocycles. The number of carbonyl (C=O) groups is 1. The van der Waals surface area contributed by atoms with Crippen molar-refractivity contribution in [3.8, 4) is 0 Å². The fraction of sp³-hybridized carbons (Fsp3) is 0.346. The first kappa shape index (κ1) is 23.3. The SMILES string of the molecule is Cc1nc(NCc2cccc(C(F)F)c2F)c2c(n1)C1(CCN(C)C1)C(=O)N(c1ccccc1)C2. The van der Waals surface area contributed by atoms with Crippen LogP contribution in [0.2, 0.25) is 0 Å². The average Bonchev–Trinajstić information content (AvgIpc) is 3.24. The van der Waals surface area contributed by atoms with E-state index in [0.29, 0.717) is 30.3 Å². The Labute approximate surface area is 201 Å². The first-order valence-electron chi connectivity index (χ1n) is 11.5. The molecule has 2 aliphatic heterocycles. The minimum atomic E-state index is -2.89. The number of aromatic nitrogens is 2. The molecule has 3 heterocycles. The predicted octanol–water partition coefficient (Wildman–Crippen LogP) is 4.59. The summed E-state index contributed by atoms with van der Waals surface area (Å²) in [5, 5.41) is 3.15. The highest BCUT2D eigenvalue weighted by atomic mass is 19.3. The molecular formula is C26H26F3N5O. The minimum absolute atomic E-state index is 0.000258. The molecule has 6 nitrogen and oxygen atoms in total. The van der Waals surface area contributed by atoms with Crippen LogP contribution >= 0.6 is 0 Å². The number of fused-ring (bicyclic) bond motifs is 2. The van der Waals surface area contributed by atoms with Gasteiger partial charge in [0.2, 0.25) is 5.91 Å². The quantitative estimate of drug-likeness (QED) is 0.578. The lowest BCUT2D eigenvalue weighted by molar-refractivity contribution is -0.124.